The molecule has 1 aromatic carbocycles. The van der Waals surface area contributed by atoms with E-state index in [1.165, 1.54) is 12.1 Å². The number of benzene rings is 1. The number of hydrogen-bond donors (Lipinski definition) is 1. The Morgan fingerprint density at radius 1 is 1.27 bits per heavy atom. The maximum Gasteiger partial charge on any atom is 0.125 e. The molecule has 55 valence electrons. The van der Waals surface area contributed by atoms with Crippen LogP contribution in [0.5, 0.6) is 0 Å². The standard InChI is InChI=1S/C9H7FN/c1-6-4-7-2-3-8(10)5-9(7)11-6/h2-5,11H,1H2. The molecule has 0 aliphatic carbocycles. The summed E-state index contributed by atoms with van der Waals surface area (Å²) in [6, 6.07) is 6.52. The number of halogens is 1. The van der Waals surface area contributed by atoms with Crippen LogP contribution >= 0.6 is 0 Å². The van der Waals surface area contributed by atoms with Crippen molar-refractivity contribution in [3.63, 3.8) is 0 Å². The third kappa shape index (κ3) is 1.00. The second-order valence-corrected chi connectivity index (χ2v) is 2.53. The molecule has 0 amide bonds. The monoisotopic (exact) mass is 148 g/mol. The smallest absolute Gasteiger partial charge is 0.125 e. The lowest BCUT2D eigenvalue weighted by Crippen LogP contribution is -1.72. The van der Waals surface area contributed by atoms with Gasteiger partial charge in [0, 0.05) is 11.2 Å². The highest BCUT2D eigenvalue weighted by molar-refractivity contribution is 5.80. The minimum Gasteiger partial charge on any atom is -0.358 e. The van der Waals surface area contributed by atoms with E-state index in [4.69, 9.17) is 0 Å². The number of aromatic nitrogens is 1. The lowest BCUT2D eigenvalue weighted by atomic mass is 10.2. The summed E-state index contributed by atoms with van der Waals surface area (Å²) in [5, 5.41) is 0.997. The summed E-state index contributed by atoms with van der Waals surface area (Å²) in [6.45, 7) is 3.71. The van der Waals surface area contributed by atoms with Crippen molar-refractivity contribution in [2.45, 2.75) is 0 Å². The van der Waals surface area contributed by atoms with Crippen molar-refractivity contribution >= 4 is 10.9 Å². The Kier molecular flexibility index (Phi) is 1.22. The highest BCUT2D eigenvalue weighted by Crippen LogP contribution is 2.15. The van der Waals surface area contributed by atoms with Gasteiger partial charge in [-0.05, 0) is 36.6 Å². The quantitative estimate of drug-likeness (QED) is 0.590. The highest BCUT2D eigenvalue weighted by Gasteiger charge is 1.97. The second-order valence-electron chi connectivity index (χ2n) is 2.53. The molecule has 1 aromatic heterocycles. The van der Waals surface area contributed by atoms with Gasteiger partial charge < -0.3 is 4.98 Å². The fraction of sp³-hybridized carbons (Fsp3) is 0. The van der Waals surface area contributed by atoms with E-state index < -0.39 is 0 Å². The average molecular weight is 148 g/mol. The van der Waals surface area contributed by atoms with Crippen LogP contribution in [-0.2, 0) is 0 Å². The van der Waals surface area contributed by atoms with Gasteiger partial charge in [-0.1, -0.05) is 0 Å². The number of rotatable bonds is 0. The van der Waals surface area contributed by atoms with E-state index in [-0.39, 0.29) is 5.82 Å². The van der Waals surface area contributed by atoms with Gasteiger partial charge in [-0.25, -0.2) is 4.39 Å². The van der Waals surface area contributed by atoms with Crippen LogP contribution in [0.15, 0.2) is 24.3 Å². The van der Waals surface area contributed by atoms with E-state index in [0.29, 0.717) is 0 Å². The minimum atomic E-state index is -0.223. The Morgan fingerprint density at radius 3 is 2.91 bits per heavy atom. The second kappa shape index (κ2) is 2.09. The molecule has 0 saturated carbocycles. The van der Waals surface area contributed by atoms with Gasteiger partial charge in [-0.2, -0.15) is 0 Å². The predicted molar refractivity (Wildman–Crippen MR) is 42.7 cm³/mol. The Bertz CT molecular complexity index is 389. The van der Waals surface area contributed by atoms with E-state index in [1.807, 2.05) is 6.07 Å². The minimum absolute atomic E-state index is 0.223. The maximum atomic E-state index is 12.6. The molecule has 0 aliphatic rings. The molecule has 2 heteroatoms. The first-order valence-electron chi connectivity index (χ1n) is 3.36. The number of aromatic amines is 1. The van der Waals surface area contributed by atoms with Gasteiger partial charge in [0.25, 0.3) is 0 Å². The van der Waals surface area contributed by atoms with Crippen LogP contribution in [0.2, 0.25) is 0 Å². The SMILES string of the molecule is [CH2]c1cc2ccc(F)cc2[nH]1. The summed E-state index contributed by atoms with van der Waals surface area (Å²) in [4.78, 5) is 2.95. The Morgan fingerprint density at radius 2 is 2.09 bits per heavy atom. The summed E-state index contributed by atoms with van der Waals surface area (Å²) in [6.07, 6.45) is 0. The van der Waals surface area contributed by atoms with Crippen molar-refractivity contribution in [1.82, 2.24) is 4.98 Å². The van der Waals surface area contributed by atoms with Crippen molar-refractivity contribution < 1.29 is 4.39 Å². The number of fused-ring (bicyclic) bond motifs is 1. The van der Waals surface area contributed by atoms with Gasteiger partial charge in [0.05, 0.1) is 0 Å². The molecule has 2 aromatic rings. The number of nitrogens with one attached hydrogen (secondary N) is 1. The molecule has 1 nitrogen and oxygen atoms in total. The lowest BCUT2D eigenvalue weighted by Gasteiger charge is -1.87. The molecule has 1 radical (unpaired) electrons. The zero-order valence-electron chi connectivity index (χ0n) is 5.89. The van der Waals surface area contributed by atoms with Gasteiger partial charge in [-0.15, -0.1) is 0 Å². The first-order chi connectivity index (χ1) is 5.25. The molecular formula is C9H7FN. The fourth-order valence-corrected chi connectivity index (χ4v) is 1.16. The summed E-state index contributed by atoms with van der Waals surface area (Å²) < 4.78 is 12.6. The molecule has 0 fully saturated rings. The number of H-pyrrole nitrogens is 1. The molecule has 1 N–H and O–H groups in total. The molecule has 0 spiro atoms. The van der Waals surface area contributed by atoms with Crippen LogP contribution in [0.4, 0.5) is 4.39 Å². The molecule has 0 bridgehead atoms. The van der Waals surface area contributed by atoms with Crippen LogP contribution in [0.1, 0.15) is 5.69 Å². The maximum absolute atomic E-state index is 12.6. The third-order valence-corrected chi connectivity index (χ3v) is 1.64. The van der Waals surface area contributed by atoms with Gasteiger partial charge in [0.1, 0.15) is 5.82 Å². The summed E-state index contributed by atoms with van der Waals surface area (Å²) in [5.74, 6) is -0.223. The molecule has 0 aliphatic heterocycles. The van der Waals surface area contributed by atoms with Gasteiger partial charge in [0.15, 0.2) is 0 Å². The van der Waals surface area contributed by atoms with Crippen LogP contribution < -0.4 is 0 Å². The van der Waals surface area contributed by atoms with Gasteiger partial charge in [0.2, 0.25) is 0 Å². The van der Waals surface area contributed by atoms with Crippen LogP contribution in [0.3, 0.4) is 0 Å². The normalized spacial score (nSPS) is 10.7. The zero-order chi connectivity index (χ0) is 7.84. The Hall–Kier alpha value is -1.31. The molecular weight excluding hydrogens is 141 g/mol. The van der Waals surface area contributed by atoms with Crippen molar-refractivity contribution in [1.29, 1.82) is 0 Å². The average Bonchev–Trinajstić information content (AvgIpc) is 2.27. The topological polar surface area (TPSA) is 15.8 Å². The van der Waals surface area contributed by atoms with E-state index in [9.17, 15) is 4.39 Å². The van der Waals surface area contributed by atoms with Crippen LogP contribution in [0, 0.1) is 12.7 Å². The molecule has 0 saturated heterocycles. The first kappa shape index (κ1) is 6.40. The summed E-state index contributed by atoms with van der Waals surface area (Å²) in [5.41, 5.74) is 1.61. The predicted octanol–water partition coefficient (Wildman–Crippen LogP) is 2.49. The third-order valence-electron chi connectivity index (χ3n) is 1.64. The first-order valence-corrected chi connectivity index (χ1v) is 3.36. The van der Waals surface area contributed by atoms with E-state index in [1.54, 1.807) is 6.07 Å². The number of hydrogen-bond acceptors (Lipinski definition) is 0. The van der Waals surface area contributed by atoms with E-state index >= 15 is 0 Å². The van der Waals surface area contributed by atoms with E-state index in [0.717, 1.165) is 16.6 Å². The Labute approximate surface area is 63.9 Å². The van der Waals surface area contributed by atoms with Gasteiger partial charge in [-0.3, -0.25) is 0 Å². The van der Waals surface area contributed by atoms with Crippen molar-refractivity contribution in [2.75, 3.05) is 0 Å². The van der Waals surface area contributed by atoms with Crippen molar-refractivity contribution in [2.24, 2.45) is 0 Å². The Balaban J connectivity index is 2.82. The van der Waals surface area contributed by atoms with Crippen molar-refractivity contribution in [3.05, 3.63) is 42.7 Å². The summed E-state index contributed by atoms with van der Waals surface area (Å²) >= 11 is 0. The molecule has 2 rings (SSSR count). The largest absolute Gasteiger partial charge is 0.358 e. The molecule has 1 heterocycles. The van der Waals surface area contributed by atoms with Gasteiger partial charge >= 0.3 is 0 Å². The van der Waals surface area contributed by atoms with Crippen LogP contribution in [-0.4, -0.2) is 4.98 Å². The summed E-state index contributed by atoms with van der Waals surface area (Å²) in [7, 11) is 0. The van der Waals surface area contributed by atoms with Crippen LogP contribution in [0.25, 0.3) is 10.9 Å². The molecule has 0 atom stereocenters. The lowest BCUT2D eigenvalue weighted by molar-refractivity contribution is 0.629. The van der Waals surface area contributed by atoms with Crippen molar-refractivity contribution in [3.8, 4) is 0 Å². The van der Waals surface area contributed by atoms with E-state index in [2.05, 4.69) is 11.9 Å². The molecule has 11 heavy (non-hydrogen) atoms. The fourth-order valence-electron chi connectivity index (χ4n) is 1.16. The highest BCUT2D eigenvalue weighted by atomic mass is 19.1. The molecule has 0 unspecified atom stereocenters. The zero-order valence-corrected chi connectivity index (χ0v) is 5.89.